The van der Waals surface area contributed by atoms with Crippen molar-refractivity contribution in [1.82, 2.24) is 20.6 Å². The maximum atomic E-state index is 11.9. The molecule has 8 heteroatoms. The molecule has 0 saturated carbocycles. The molecular weight excluding hydrogens is 310 g/mol. The number of imidazole rings is 1. The van der Waals surface area contributed by atoms with Gasteiger partial charge in [0.25, 0.3) is 0 Å². The van der Waals surface area contributed by atoms with E-state index < -0.39 is 12.2 Å². The van der Waals surface area contributed by atoms with Crippen LogP contribution in [-0.2, 0) is 11.3 Å². The molecule has 0 radical (unpaired) electrons. The Morgan fingerprint density at radius 1 is 1.38 bits per heavy atom. The van der Waals surface area contributed by atoms with Gasteiger partial charge >= 0.3 is 6.03 Å². The second-order valence-electron chi connectivity index (χ2n) is 5.59. The zero-order valence-electron chi connectivity index (χ0n) is 13.1. The molecular formula is C16H21N5O3. The van der Waals surface area contributed by atoms with Crippen LogP contribution in [0.15, 0.2) is 42.7 Å². The lowest BCUT2D eigenvalue weighted by Crippen LogP contribution is -2.45. The maximum absolute atomic E-state index is 11.9. The van der Waals surface area contributed by atoms with Crippen LogP contribution in [0.4, 0.5) is 10.5 Å². The van der Waals surface area contributed by atoms with Gasteiger partial charge in [0.05, 0.1) is 25.3 Å². The van der Waals surface area contributed by atoms with Gasteiger partial charge in [0.1, 0.15) is 11.9 Å². The number of nitrogens with one attached hydrogen (secondary N) is 4. The highest BCUT2D eigenvalue weighted by molar-refractivity contribution is 5.89. The summed E-state index contributed by atoms with van der Waals surface area (Å²) in [6, 6.07) is 8.64. The lowest BCUT2D eigenvalue weighted by molar-refractivity contribution is 0.0428. The summed E-state index contributed by atoms with van der Waals surface area (Å²) >= 11 is 0. The Bertz CT molecular complexity index is 634. The number of urea groups is 1. The number of hydrogen-bond acceptors (Lipinski definition) is 5. The number of H-pyrrole nitrogens is 1. The number of aliphatic hydroxyl groups excluding tert-OH is 1. The standard InChI is InChI=1S/C16H21N5O3/c22-15-12(19-9-14-17-6-7-18-14)10-24-13(15)8-20-16(23)21-11-4-2-1-3-5-11/h1-7,12-13,15,19,22H,8-10H2,(H,17,18)(H2,20,21,23)/t12-,13-,15+/m1/s1. The van der Waals surface area contributed by atoms with Gasteiger partial charge < -0.3 is 30.8 Å². The molecule has 3 atom stereocenters. The summed E-state index contributed by atoms with van der Waals surface area (Å²) < 4.78 is 5.56. The van der Waals surface area contributed by atoms with E-state index in [1.54, 1.807) is 24.5 Å². The first-order chi connectivity index (χ1) is 11.7. The third-order valence-electron chi connectivity index (χ3n) is 3.87. The maximum Gasteiger partial charge on any atom is 0.319 e. The molecule has 1 aromatic carbocycles. The van der Waals surface area contributed by atoms with Crippen LogP contribution in [0.2, 0.25) is 0 Å². The monoisotopic (exact) mass is 331 g/mol. The van der Waals surface area contributed by atoms with Crippen molar-refractivity contribution >= 4 is 11.7 Å². The van der Waals surface area contributed by atoms with E-state index in [0.717, 1.165) is 5.82 Å². The zero-order valence-corrected chi connectivity index (χ0v) is 13.1. The van der Waals surface area contributed by atoms with E-state index in [1.165, 1.54) is 0 Å². The molecule has 128 valence electrons. The first-order valence-corrected chi connectivity index (χ1v) is 7.83. The third-order valence-corrected chi connectivity index (χ3v) is 3.87. The SMILES string of the molecule is O=C(NC[C@H]1OC[C@@H](NCc2ncc[nH]2)[C@@H]1O)Nc1ccccc1. The van der Waals surface area contributed by atoms with Crippen molar-refractivity contribution in [2.75, 3.05) is 18.5 Å². The fourth-order valence-corrected chi connectivity index (χ4v) is 2.56. The van der Waals surface area contributed by atoms with Crippen LogP contribution in [0.5, 0.6) is 0 Å². The summed E-state index contributed by atoms with van der Waals surface area (Å²) in [6.45, 7) is 1.14. The molecule has 8 nitrogen and oxygen atoms in total. The Hall–Kier alpha value is -2.42. The molecule has 5 N–H and O–H groups in total. The molecule has 2 heterocycles. The minimum absolute atomic E-state index is 0.195. The van der Waals surface area contributed by atoms with Gasteiger partial charge in [-0.1, -0.05) is 18.2 Å². The largest absolute Gasteiger partial charge is 0.389 e. The molecule has 1 aromatic heterocycles. The lowest BCUT2D eigenvalue weighted by atomic mass is 10.1. The van der Waals surface area contributed by atoms with Crippen molar-refractivity contribution in [1.29, 1.82) is 0 Å². The van der Waals surface area contributed by atoms with Crippen LogP contribution in [0.1, 0.15) is 5.82 Å². The second-order valence-corrected chi connectivity index (χ2v) is 5.59. The van der Waals surface area contributed by atoms with Gasteiger partial charge in [-0.3, -0.25) is 0 Å². The first-order valence-electron chi connectivity index (χ1n) is 7.83. The molecule has 24 heavy (non-hydrogen) atoms. The van der Waals surface area contributed by atoms with Crippen molar-refractivity contribution in [3.63, 3.8) is 0 Å². The number of carbonyl (C=O) groups excluding carboxylic acids is 1. The molecule has 0 aliphatic carbocycles. The third kappa shape index (κ3) is 4.31. The van der Waals surface area contributed by atoms with E-state index in [1.807, 2.05) is 18.2 Å². The number of benzene rings is 1. The first kappa shape index (κ1) is 16.4. The van der Waals surface area contributed by atoms with Gasteiger partial charge in [0.15, 0.2) is 0 Å². The Labute approximate surface area is 139 Å². The molecule has 1 saturated heterocycles. The van der Waals surface area contributed by atoms with Crippen LogP contribution in [-0.4, -0.2) is 52.5 Å². The van der Waals surface area contributed by atoms with Gasteiger partial charge in [0, 0.05) is 24.6 Å². The quantitative estimate of drug-likeness (QED) is 0.528. The zero-order chi connectivity index (χ0) is 16.8. The van der Waals surface area contributed by atoms with Gasteiger partial charge in [0.2, 0.25) is 0 Å². The van der Waals surface area contributed by atoms with Crippen molar-refractivity contribution < 1.29 is 14.6 Å². The number of carbonyl (C=O) groups is 1. The number of nitrogens with zero attached hydrogens (tertiary/aromatic N) is 1. The Kier molecular flexibility index (Phi) is 5.42. The van der Waals surface area contributed by atoms with Gasteiger partial charge in [-0.15, -0.1) is 0 Å². The van der Waals surface area contributed by atoms with Crippen LogP contribution in [0.3, 0.4) is 0 Å². The van der Waals surface area contributed by atoms with Crippen molar-refractivity contribution in [2.24, 2.45) is 0 Å². The van der Waals surface area contributed by atoms with Crippen LogP contribution < -0.4 is 16.0 Å². The molecule has 0 bridgehead atoms. The van der Waals surface area contributed by atoms with E-state index >= 15 is 0 Å². The Morgan fingerprint density at radius 3 is 2.96 bits per heavy atom. The Balaban J connectivity index is 1.40. The summed E-state index contributed by atoms with van der Waals surface area (Å²) in [5, 5.41) is 18.9. The van der Waals surface area contributed by atoms with Gasteiger partial charge in [-0.25, -0.2) is 9.78 Å². The minimum atomic E-state index is -0.697. The molecule has 1 fully saturated rings. The molecule has 0 spiro atoms. The summed E-state index contributed by atoms with van der Waals surface area (Å²) in [7, 11) is 0. The number of rotatable bonds is 6. The van der Waals surface area contributed by atoms with Crippen molar-refractivity contribution in [3.05, 3.63) is 48.5 Å². The number of anilines is 1. The fourth-order valence-electron chi connectivity index (χ4n) is 2.56. The highest BCUT2D eigenvalue weighted by Crippen LogP contribution is 2.14. The van der Waals surface area contributed by atoms with Crippen molar-refractivity contribution in [3.8, 4) is 0 Å². The predicted octanol–water partition coefficient (Wildman–Crippen LogP) is 0.449. The second kappa shape index (κ2) is 7.91. The number of aliphatic hydroxyl groups is 1. The number of ether oxygens (including phenoxy) is 1. The summed E-state index contributed by atoms with van der Waals surface area (Å²) in [6.07, 6.45) is 2.28. The molecule has 1 aliphatic rings. The minimum Gasteiger partial charge on any atom is -0.389 e. The van der Waals surface area contributed by atoms with Crippen LogP contribution >= 0.6 is 0 Å². The van der Waals surface area contributed by atoms with E-state index in [0.29, 0.717) is 18.8 Å². The number of aromatic amines is 1. The molecule has 3 rings (SSSR count). The van der Waals surface area contributed by atoms with E-state index in [-0.39, 0.29) is 18.6 Å². The van der Waals surface area contributed by atoms with Gasteiger partial charge in [-0.2, -0.15) is 0 Å². The molecule has 2 amide bonds. The highest BCUT2D eigenvalue weighted by Gasteiger charge is 2.35. The average Bonchev–Trinajstić information content (AvgIpc) is 3.22. The highest BCUT2D eigenvalue weighted by atomic mass is 16.5. The fraction of sp³-hybridized carbons (Fsp3) is 0.375. The van der Waals surface area contributed by atoms with E-state index in [2.05, 4.69) is 25.9 Å². The summed E-state index contributed by atoms with van der Waals surface area (Å²) in [5.74, 6) is 0.797. The smallest absolute Gasteiger partial charge is 0.319 e. The van der Waals surface area contributed by atoms with E-state index in [9.17, 15) is 9.90 Å². The van der Waals surface area contributed by atoms with Crippen LogP contribution in [0.25, 0.3) is 0 Å². The Morgan fingerprint density at radius 2 is 2.21 bits per heavy atom. The normalized spacial score (nSPS) is 23.1. The summed E-state index contributed by atoms with van der Waals surface area (Å²) in [5.41, 5.74) is 0.709. The summed E-state index contributed by atoms with van der Waals surface area (Å²) in [4.78, 5) is 19.0. The number of aromatic nitrogens is 2. The molecule has 1 aliphatic heterocycles. The average molecular weight is 331 g/mol. The van der Waals surface area contributed by atoms with E-state index in [4.69, 9.17) is 4.74 Å². The number of para-hydroxylation sites is 1. The lowest BCUT2D eigenvalue weighted by Gasteiger charge is -2.18. The number of hydrogen-bond donors (Lipinski definition) is 5. The topological polar surface area (TPSA) is 111 Å². The predicted molar refractivity (Wildman–Crippen MR) is 88.4 cm³/mol. The van der Waals surface area contributed by atoms with Gasteiger partial charge in [-0.05, 0) is 12.1 Å². The molecule has 0 unspecified atom stereocenters. The number of amides is 2. The van der Waals surface area contributed by atoms with Crippen molar-refractivity contribution in [2.45, 2.75) is 24.8 Å². The molecule has 2 aromatic rings. The van der Waals surface area contributed by atoms with Crippen LogP contribution in [0, 0.1) is 0 Å².